The first-order valence-electron chi connectivity index (χ1n) is 10.2. The maximum atomic E-state index is 4.86. The lowest BCUT2D eigenvalue weighted by molar-refractivity contribution is 0.368. The molecule has 1 N–H and O–H groups in total. The molecular weight excluding hydrogens is 352 g/mol. The van der Waals surface area contributed by atoms with E-state index in [0.29, 0.717) is 5.92 Å². The van der Waals surface area contributed by atoms with Crippen molar-refractivity contribution in [3.8, 4) is 0 Å². The first-order valence-corrected chi connectivity index (χ1v) is 10.2. The van der Waals surface area contributed by atoms with E-state index in [4.69, 9.17) is 4.99 Å². The van der Waals surface area contributed by atoms with E-state index in [-0.39, 0.29) is 0 Å². The van der Waals surface area contributed by atoms with Crippen LogP contribution < -0.4 is 10.2 Å². The average Bonchev–Trinajstić information content (AvgIpc) is 3.19. The van der Waals surface area contributed by atoms with Crippen LogP contribution >= 0.6 is 0 Å². The van der Waals surface area contributed by atoms with Gasteiger partial charge in [0.25, 0.3) is 0 Å². The highest BCUT2D eigenvalue weighted by molar-refractivity contribution is 5.80. The van der Waals surface area contributed by atoms with Crippen molar-refractivity contribution < 1.29 is 0 Å². The van der Waals surface area contributed by atoms with Gasteiger partial charge < -0.3 is 19.7 Å². The first-order chi connectivity index (χ1) is 13.7. The second-order valence-corrected chi connectivity index (χ2v) is 7.44. The molecule has 0 aliphatic carbocycles. The molecule has 1 saturated heterocycles. The summed E-state index contributed by atoms with van der Waals surface area (Å²) in [5.74, 6) is 3.61. The van der Waals surface area contributed by atoms with Crippen LogP contribution in [0.15, 0.2) is 35.7 Å². The summed E-state index contributed by atoms with van der Waals surface area (Å²) >= 11 is 0. The van der Waals surface area contributed by atoms with Crippen LogP contribution in [-0.4, -0.2) is 69.9 Å². The third-order valence-electron chi connectivity index (χ3n) is 4.81. The van der Waals surface area contributed by atoms with Crippen LogP contribution in [0.25, 0.3) is 0 Å². The summed E-state index contributed by atoms with van der Waals surface area (Å²) < 4.78 is 2.10. The van der Waals surface area contributed by atoms with Gasteiger partial charge in [0.1, 0.15) is 18.0 Å². The molecule has 2 aromatic heterocycles. The molecule has 2 aromatic rings. The maximum Gasteiger partial charge on any atom is 0.194 e. The molecule has 28 heavy (non-hydrogen) atoms. The van der Waals surface area contributed by atoms with E-state index in [2.05, 4.69) is 61.7 Å². The zero-order valence-electron chi connectivity index (χ0n) is 17.3. The fourth-order valence-corrected chi connectivity index (χ4v) is 3.25. The molecule has 0 spiro atoms. The molecule has 1 aliphatic rings. The summed E-state index contributed by atoms with van der Waals surface area (Å²) in [5.41, 5.74) is 0. The summed E-state index contributed by atoms with van der Waals surface area (Å²) in [5, 5.41) is 11.7. The molecule has 3 heterocycles. The third-order valence-corrected chi connectivity index (χ3v) is 4.81. The normalized spacial score (nSPS) is 15.4. The molecule has 0 radical (unpaired) electrons. The summed E-state index contributed by atoms with van der Waals surface area (Å²) in [6.45, 7) is 12.7. The quantitative estimate of drug-likeness (QED) is 0.578. The summed E-state index contributed by atoms with van der Waals surface area (Å²) in [6, 6.07) is 6.08. The van der Waals surface area contributed by atoms with Gasteiger partial charge in [0, 0.05) is 58.4 Å². The molecular formula is C20H32N8. The van der Waals surface area contributed by atoms with E-state index in [1.54, 1.807) is 6.33 Å². The molecule has 0 atom stereocenters. The fraction of sp³-hybridized carbons (Fsp3) is 0.600. The number of aryl methyl sites for hydroxylation is 1. The highest BCUT2D eigenvalue weighted by Crippen LogP contribution is 2.12. The van der Waals surface area contributed by atoms with Crippen LogP contribution in [0.2, 0.25) is 0 Å². The van der Waals surface area contributed by atoms with Crippen molar-refractivity contribution in [2.45, 2.75) is 33.7 Å². The van der Waals surface area contributed by atoms with Gasteiger partial charge in [0.15, 0.2) is 5.96 Å². The number of nitrogens with one attached hydrogen (secondary N) is 1. The predicted octanol–water partition coefficient (Wildman–Crippen LogP) is 1.66. The van der Waals surface area contributed by atoms with E-state index in [0.717, 1.165) is 69.8 Å². The van der Waals surface area contributed by atoms with Crippen molar-refractivity contribution in [1.29, 1.82) is 0 Å². The van der Waals surface area contributed by atoms with Crippen molar-refractivity contribution >= 4 is 11.8 Å². The Morgan fingerprint density at radius 2 is 2.04 bits per heavy atom. The Kier molecular flexibility index (Phi) is 7.22. The standard InChI is InChI=1S/C20H32N8/c1-4-18-25-24-16-28(18)10-9-22-20(23-15-17(2)3)27-13-11-26(12-14-27)19-7-5-6-8-21-19/h5-8,16-17H,4,9-15H2,1-3H3,(H,22,23). The molecule has 1 fully saturated rings. The average molecular weight is 385 g/mol. The molecule has 0 amide bonds. The number of aliphatic imine (C=N–C) groups is 1. The SMILES string of the molecule is CCc1nncn1CCNC(=NCC(C)C)N1CCN(c2ccccn2)CC1. The number of hydrogen-bond acceptors (Lipinski definition) is 5. The number of guanidine groups is 1. The van der Waals surface area contributed by atoms with Gasteiger partial charge in [-0.25, -0.2) is 4.98 Å². The van der Waals surface area contributed by atoms with E-state index >= 15 is 0 Å². The number of aromatic nitrogens is 4. The lowest BCUT2D eigenvalue weighted by Gasteiger charge is -2.37. The van der Waals surface area contributed by atoms with Gasteiger partial charge in [-0.2, -0.15) is 0 Å². The smallest absolute Gasteiger partial charge is 0.194 e. The first kappa shape index (κ1) is 20.1. The van der Waals surface area contributed by atoms with Gasteiger partial charge in [0.2, 0.25) is 0 Å². The van der Waals surface area contributed by atoms with Crippen LogP contribution in [0.3, 0.4) is 0 Å². The van der Waals surface area contributed by atoms with Crippen molar-refractivity contribution in [2.75, 3.05) is 44.2 Å². The van der Waals surface area contributed by atoms with Crippen LogP contribution in [0.1, 0.15) is 26.6 Å². The summed E-state index contributed by atoms with van der Waals surface area (Å²) in [4.78, 5) is 14.0. The van der Waals surface area contributed by atoms with Crippen LogP contribution in [0.5, 0.6) is 0 Å². The largest absolute Gasteiger partial charge is 0.354 e. The second-order valence-electron chi connectivity index (χ2n) is 7.44. The second kappa shape index (κ2) is 10.1. The number of rotatable bonds is 7. The molecule has 0 bridgehead atoms. The van der Waals surface area contributed by atoms with Crippen molar-refractivity contribution in [3.63, 3.8) is 0 Å². The minimum absolute atomic E-state index is 0.538. The lowest BCUT2D eigenvalue weighted by Crippen LogP contribution is -2.53. The highest BCUT2D eigenvalue weighted by atomic mass is 15.4. The molecule has 8 nitrogen and oxygen atoms in total. The van der Waals surface area contributed by atoms with Crippen LogP contribution in [0, 0.1) is 5.92 Å². The molecule has 0 aromatic carbocycles. The monoisotopic (exact) mass is 384 g/mol. The topological polar surface area (TPSA) is 74.5 Å². The maximum absolute atomic E-state index is 4.86. The molecule has 1 aliphatic heterocycles. The molecule has 3 rings (SSSR count). The van der Waals surface area contributed by atoms with Gasteiger partial charge in [-0.3, -0.25) is 4.99 Å². The van der Waals surface area contributed by atoms with Gasteiger partial charge in [-0.1, -0.05) is 26.8 Å². The predicted molar refractivity (Wildman–Crippen MR) is 113 cm³/mol. The highest BCUT2D eigenvalue weighted by Gasteiger charge is 2.20. The molecule has 0 unspecified atom stereocenters. The Balaban J connectivity index is 1.56. The Morgan fingerprint density at radius 3 is 2.71 bits per heavy atom. The zero-order chi connectivity index (χ0) is 19.8. The number of anilines is 1. The van der Waals surface area contributed by atoms with Crippen molar-refractivity contribution in [3.05, 3.63) is 36.5 Å². The van der Waals surface area contributed by atoms with E-state index in [9.17, 15) is 0 Å². The molecule has 8 heteroatoms. The molecule has 0 saturated carbocycles. The Hall–Kier alpha value is -2.64. The van der Waals surface area contributed by atoms with Crippen LogP contribution in [-0.2, 0) is 13.0 Å². The van der Waals surface area contributed by atoms with Crippen molar-refractivity contribution in [2.24, 2.45) is 10.9 Å². The van der Waals surface area contributed by atoms with E-state index in [1.165, 1.54) is 0 Å². The Morgan fingerprint density at radius 1 is 1.21 bits per heavy atom. The van der Waals surface area contributed by atoms with Gasteiger partial charge in [-0.05, 0) is 18.1 Å². The number of hydrogen-bond donors (Lipinski definition) is 1. The van der Waals surface area contributed by atoms with Gasteiger partial charge >= 0.3 is 0 Å². The minimum Gasteiger partial charge on any atom is -0.354 e. The summed E-state index contributed by atoms with van der Waals surface area (Å²) in [6.07, 6.45) is 4.55. The fourth-order valence-electron chi connectivity index (χ4n) is 3.25. The van der Waals surface area contributed by atoms with Crippen LogP contribution in [0.4, 0.5) is 5.82 Å². The van der Waals surface area contributed by atoms with E-state index in [1.807, 2.05) is 18.3 Å². The Bertz CT molecular complexity index is 732. The Labute approximate surface area is 167 Å². The lowest BCUT2D eigenvalue weighted by atomic mass is 10.2. The zero-order valence-corrected chi connectivity index (χ0v) is 17.3. The third kappa shape index (κ3) is 5.43. The van der Waals surface area contributed by atoms with E-state index < -0.39 is 0 Å². The summed E-state index contributed by atoms with van der Waals surface area (Å²) in [7, 11) is 0. The number of nitrogens with zero attached hydrogens (tertiary/aromatic N) is 7. The number of pyridine rings is 1. The van der Waals surface area contributed by atoms with Gasteiger partial charge in [0.05, 0.1) is 0 Å². The molecule has 152 valence electrons. The van der Waals surface area contributed by atoms with Crippen molar-refractivity contribution in [1.82, 2.24) is 30.0 Å². The number of piperazine rings is 1. The van der Waals surface area contributed by atoms with Gasteiger partial charge in [-0.15, -0.1) is 10.2 Å². The minimum atomic E-state index is 0.538.